The maximum atomic E-state index is 3.58. The zero-order valence-corrected chi connectivity index (χ0v) is 18.2. The number of hydrogen-bond donors (Lipinski definition) is 1. The second-order valence-corrected chi connectivity index (χ2v) is 8.64. The summed E-state index contributed by atoms with van der Waals surface area (Å²) in [6.07, 6.45) is 19.9. The fourth-order valence-corrected chi connectivity index (χ4v) is 4.68. The molecule has 0 bridgehead atoms. The number of hydrogen-bond acceptors (Lipinski definition) is 1. The van der Waals surface area contributed by atoms with E-state index in [9.17, 15) is 0 Å². The fourth-order valence-electron chi connectivity index (χ4n) is 4.68. The van der Waals surface area contributed by atoms with Gasteiger partial charge in [0.2, 0.25) is 0 Å². The first-order valence-electron chi connectivity index (χ1n) is 12.2. The molecule has 1 aromatic heterocycles. The van der Waals surface area contributed by atoms with E-state index in [4.69, 9.17) is 0 Å². The Kier molecular flexibility index (Phi) is 9.19. The zero-order chi connectivity index (χ0) is 19.4. The van der Waals surface area contributed by atoms with Crippen molar-refractivity contribution >= 4 is 17.0 Å². The highest BCUT2D eigenvalue weighted by Gasteiger charge is 2.27. The van der Waals surface area contributed by atoms with Gasteiger partial charge in [-0.05, 0) is 18.6 Å². The number of unbranched alkanes of at least 4 members (excludes halogenated alkanes) is 13. The zero-order valence-electron chi connectivity index (χ0n) is 18.2. The fraction of sp³-hybridized carbons (Fsp3) is 0.720. The molecule has 0 saturated carbocycles. The molecule has 0 spiro atoms. The highest BCUT2D eigenvalue weighted by molar-refractivity contribution is 5.74. The number of imidazole rings is 1. The van der Waals surface area contributed by atoms with Crippen molar-refractivity contribution in [3.63, 3.8) is 0 Å². The van der Waals surface area contributed by atoms with Gasteiger partial charge in [0.25, 0.3) is 0 Å². The number of aryl methyl sites for hydroxylation is 1. The number of rotatable bonds is 15. The van der Waals surface area contributed by atoms with Crippen LogP contribution >= 0.6 is 0 Å². The lowest BCUT2D eigenvalue weighted by Crippen LogP contribution is -2.29. The molecule has 3 rings (SSSR count). The van der Waals surface area contributed by atoms with Gasteiger partial charge in [0.1, 0.15) is 17.6 Å². The second kappa shape index (κ2) is 12.1. The molecule has 1 N–H and O–H groups in total. The first-order chi connectivity index (χ1) is 13.9. The molecule has 0 atom stereocenters. The normalized spacial score (nSPS) is 13.2. The van der Waals surface area contributed by atoms with Crippen LogP contribution in [0.25, 0.3) is 11.0 Å². The number of anilines is 1. The van der Waals surface area contributed by atoms with E-state index in [-0.39, 0.29) is 0 Å². The summed E-state index contributed by atoms with van der Waals surface area (Å²) in [4.78, 5) is 0. The maximum Gasteiger partial charge on any atom is 0.358 e. The SMILES string of the molecule is CCCCCCCCCCCCCCCCn1c2[n+](c3ccccc31)CCN2. The first-order valence-corrected chi connectivity index (χ1v) is 12.2. The van der Waals surface area contributed by atoms with E-state index in [1.807, 2.05) is 0 Å². The van der Waals surface area contributed by atoms with E-state index < -0.39 is 0 Å². The number of nitrogens with zero attached hydrogens (tertiary/aromatic N) is 2. The number of aromatic nitrogens is 2. The largest absolute Gasteiger partial charge is 0.358 e. The molecule has 0 saturated heterocycles. The number of benzene rings is 1. The molecule has 0 aliphatic carbocycles. The first kappa shape index (κ1) is 21.2. The van der Waals surface area contributed by atoms with E-state index in [1.165, 1.54) is 107 Å². The molecular formula is C25H42N3+. The molecular weight excluding hydrogens is 342 g/mol. The molecule has 1 aromatic carbocycles. The van der Waals surface area contributed by atoms with Crippen LogP contribution in [0.5, 0.6) is 0 Å². The molecule has 3 nitrogen and oxygen atoms in total. The van der Waals surface area contributed by atoms with Crippen LogP contribution in [-0.2, 0) is 13.1 Å². The van der Waals surface area contributed by atoms with E-state index in [0.717, 1.165) is 19.6 Å². The minimum Gasteiger partial charge on any atom is -0.274 e. The van der Waals surface area contributed by atoms with E-state index in [2.05, 4.69) is 45.6 Å². The van der Waals surface area contributed by atoms with Crippen molar-refractivity contribution in [1.82, 2.24) is 4.57 Å². The number of fused-ring (bicyclic) bond motifs is 3. The van der Waals surface area contributed by atoms with Gasteiger partial charge in [0, 0.05) is 0 Å². The Morgan fingerprint density at radius 1 is 0.786 bits per heavy atom. The van der Waals surface area contributed by atoms with Gasteiger partial charge in [-0.3, -0.25) is 5.32 Å². The van der Waals surface area contributed by atoms with Crippen LogP contribution in [0.4, 0.5) is 5.95 Å². The average molecular weight is 385 g/mol. The van der Waals surface area contributed by atoms with Crippen molar-refractivity contribution in [2.45, 2.75) is 110 Å². The quantitative estimate of drug-likeness (QED) is 0.263. The van der Waals surface area contributed by atoms with Gasteiger partial charge in [-0.2, -0.15) is 0 Å². The predicted octanol–water partition coefficient (Wildman–Crippen LogP) is 6.84. The van der Waals surface area contributed by atoms with Crippen LogP contribution in [0.15, 0.2) is 24.3 Å². The van der Waals surface area contributed by atoms with E-state index in [0.29, 0.717) is 0 Å². The predicted molar refractivity (Wildman–Crippen MR) is 121 cm³/mol. The monoisotopic (exact) mass is 384 g/mol. The van der Waals surface area contributed by atoms with E-state index >= 15 is 0 Å². The molecule has 1 aliphatic heterocycles. The minimum absolute atomic E-state index is 1.07. The molecule has 0 unspecified atom stereocenters. The van der Waals surface area contributed by atoms with Crippen LogP contribution < -0.4 is 9.88 Å². The Hall–Kier alpha value is -1.51. The van der Waals surface area contributed by atoms with Crippen molar-refractivity contribution in [3.05, 3.63) is 24.3 Å². The maximum absolute atomic E-state index is 3.58. The number of nitrogens with one attached hydrogen (secondary N) is 1. The van der Waals surface area contributed by atoms with Crippen molar-refractivity contribution in [2.75, 3.05) is 11.9 Å². The third-order valence-electron chi connectivity index (χ3n) is 6.33. The van der Waals surface area contributed by atoms with Gasteiger partial charge in [-0.1, -0.05) is 103 Å². The molecule has 28 heavy (non-hydrogen) atoms. The van der Waals surface area contributed by atoms with Crippen LogP contribution in [0, 0.1) is 0 Å². The van der Waals surface area contributed by atoms with Gasteiger partial charge in [-0.25, -0.2) is 9.13 Å². The Balaban J connectivity index is 1.23. The summed E-state index contributed by atoms with van der Waals surface area (Å²) in [7, 11) is 0. The van der Waals surface area contributed by atoms with Gasteiger partial charge < -0.3 is 0 Å². The Bertz CT molecular complexity index is 688. The van der Waals surface area contributed by atoms with Gasteiger partial charge in [0.15, 0.2) is 0 Å². The highest BCUT2D eigenvalue weighted by atomic mass is 15.3. The van der Waals surface area contributed by atoms with Crippen molar-refractivity contribution < 1.29 is 4.57 Å². The summed E-state index contributed by atoms with van der Waals surface area (Å²) in [6, 6.07) is 8.85. The third kappa shape index (κ3) is 5.99. The van der Waals surface area contributed by atoms with Crippen molar-refractivity contribution in [3.8, 4) is 0 Å². The van der Waals surface area contributed by atoms with Gasteiger partial charge in [0.05, 0.1) is 13.1 Å². The lowest BCUT2D eigenvalue weighted by atomic mass is 10.0. The standard InChI is InChI=1S/C25H41N3/c1-2-3-4-5-6-7-8-9-10-11-12-13-14-17-21-27-23-18-15-16-19-24(23)28-22-20-26-25(27)28/h15-16,18-19H,2-14,17,20-22H2,1H3/p+1. The van der Waals surface area contributed by atoms with Crippen LogP contribution in [0.1, 0.15) is 96.8 Å². The topological polar surface area (TPSA) is 20.8 Å². The molecule has 2 aromatic rings. The molecule has 156 valence electrons. The van der Waals surface area contributed by atoms with Gasteiger partial charge in [-0.15, -0.1) is 0 Å². The summed E-state index contributed by atoms with van der Waals surface area (Å²) < 4.78 is 4.95. The Labute approximate surface area is 172 Å². The highest BCUT2D eigenvalue weighted by Crippen LogP contribution is 2.21. The summed E-state index contributed by atoms with van der Waals surface area (Å²) in [5, 5.41) is 3.58. The summed E-state index contributed by atoms with van der Waals surface area (Å²) in [6.45, 7) is 5.61. The number of para-hydroxylation sites is 2. The van der Waals surface area contributed by atoms with Crippen LogP contribution in [0.3, 0.4) is 0 Å². The van der Waals surface area contributed by atoms with Crippen molar-refractivity contribution in [2.24, 2.45) is 0 Å². The molecule has 2 heterocycles. The smallest absolute Gasteiger partial charge is 0.274 e. The Morgan fingerprint density at radius 3 is 2.00 bits per heavy atom. The Morgan fingerprint density at radius 2 is 1.36 bits per heavy atom. The van der Waals surface area contributed by atoms with Crippen molar-refractivity contribution in [1.29, 1.82) is 0 Å². The lowest BCUT2D eigenvalue weighted by Gasteiger charge is -2.04. The molecule has 0 fully saturated rings. The second-order valence-electron chi connectivity index (χ2n) is 8.64. The van der Waals surface area contributed by atoms with Crippen LogP contribution in [0.2, 0.25) is 0 Å². The summed E-state index contributed by atoms with van der Waals surface area (Å²) >= 11 is 0. The van der Waals surface area contributed by atoms with Crippen LogP contribution in [-0.4, -0.2) is 11.1 Å². The molecule has 0 radical (unpaired) electrons. The average Bonchev–Trinajstić information content (AvgIpc) is 3.30. The summed E-state index contributed by atoms with van der Waals surface area (Å²) in [5.74, 6) is 1.32. The van der Waals surface area contributed by atoms with Gasteiger partial charge >= 0.3 is 5.95 Å². The molecule has 1 aliphatic rings. The molecule has 0 amide bonds. The minimum atomic E-state index is 1.07. The third-order valence-corrected chi connectivity index (χ3v) is 6.33. The molecule has 3 heteroatoms. The summed E-state index contributed by atoms with van der Waals surface area (Å²) in [5.41, 5.74) is 2.77. The lowest BCUT2D eigenvalue weighted by molar-refractivity contribution is -0.644. The van der Waals surface area contributed by atoms with E-state index in [1.54, 1.807) is 0 Å².